The van der Waals surface area contributed by atoms with Crippen LogP contribution >= 0.6 is 25.3 Å². The van der Waals surface area contributed by atoms with Crippen molar-refractivity contribution in [3.63, 3.8) is 0 Å². The van der Waals surface area contributed by atoms with Gasteiger partial charge in [-0.3, -0.25) is 9.97 Å². The van der Waals surface area contributed by atoms with Crippen molar-refractivity contribution in [3.05, 3.63) is 66.8 Å². The monoisotopic (exact) mass is 372 g/mol. The molecule has 2 rings (SSSR count). The lowest BCUT2D eigenvalue weighted by Gasteiger charge is -2.06. The van der Waals surface area contributed by atoms with Gasteiger partial charge in [0.2, 0.25) is 0 Å². The number of aromatic nitrogens is 2. The highest BCUT2D eigenvalue weighted by Crippen LogP contribution is 2.16. The molecule has 2 nitrogen and oxygen atoms in total. The van der Waals surface area contributed by atoms with Crippen molar-refractivity contribution in [2.75, 3.05) is 12.5 Å². The standard InChI is InChI=1S/C9H13N.C7H7N.2CH4S.2CH4/c1-3-8(2)9-4-6-10-7-5-9;1-2-7-3-5-8-6-4-7;2*1-2;;/h4-8H,3H2,1-2H3;2-6H,1H2;2*2H,1H3;2*1H4/i;;;;2*1T. The summed E-state index contributed by atoms with van der Waals surface area (Å²) in [5, 5.41) is 0. The molecule has 0 saturated heterocycles. The molecule has 2 aromatic heterocycles. The van der Waals surface area contributed by atoms with E-state index >= 15 is 0 Å². The molecule has 0 aliphatic carbocycles. The molecule has 0 aliphatic heterocycles. The van der Waals surface area contributed by atoms with Gasteiger partial charge in [-0.1, -0.05) is 41.3 Å². The van der Waals surface area contributed by atoms with E-state index in [0.29, 0.717) is 5.92 Å². The SMILES string of the molecule is C=Cc1ccncc1.CCC(C)c1ccncc1.CS.CS.[3H]C.[3H]C. The number of hydrogen-bond donors (Lipinski definition) is 2. The Morgan fingerprint density at radius 3 is 1.67 bits per heavy atom. The summed E-state index contributed by atoms with van der Waals surface area (Å²) in [7, 11) is 2.50. The largest absolute Gasteiger partial charge is 0.265 e. The third-order valence-corrected chi connectivity index (χ3v) is 2.83. The lowest BCUT2D eigenvalue weighted by Crippen LogP contribution is -1.89. The number of nitrogens with zero attached hydrogens (tertiary/aromatic N) is 2. The molecule has 0 N–H and O–H groups in total. The zero-order chi connectivity index (χ0) is 21.2. The summed E-state index contributed by atoms with van der Waals surface area (Å²) in [6, 6.07) is 7.97. The van der Waals surface area contributed by atoms with Crippen molar-refractivity contribution in [1.82, 2.24) is 9.97 Å². The van der Waals surface area contributed by atoms with Crippen LogP contribution in [0.4, 0.5) is 0 Å². The Bertz CT molecular complexity index is 458. The molecule has 0 amide bonds. The van der Waals surface area contributed by atoms with E-state index < -0.39 is 0 Å². The molecule has 2 heterocycles. The first-order chi connectivity index (χ1) is 12.8. The second-order valence-corrected chi connectivity index (χ2v) is 4.07. The Morgan fingerprint density at radius 2 is 1.38 bits per heavy atom. The Kier molecular flexibility index (Phi) is 25.0. The lowest BCUT2D eigenvalue weighted by molar-refractivity contribution is 0.732. The predicted molar refractivity (Wildman–Crippen MR) is 121 cm³/mol. The first kappa shape index (κ1) is 25.0. The van der Waals surface area contributed by atoms with E-state index in [1.807, 2.05) is 24.5 Å². The molecule has 138 valence electrons. The van der Waals surface area contributed by atoms with Gasteiger partial charge in [0.25, 0.3) is 0 Å². The fourth-order valence-corrected chi connectivity index (χ4v) is 1.43. The quantitative estimate of drug-likeness (QED) is 0.587. The second-order valence-electron chi connectivity index (χ2n) is 4.07. The van der Waals surface area contributed by atoms with Crippen LogP contribution in [0.5, 0.6) is 0 Å². The van der Waals surface area contributed by atoms with Gasteiger partial charge in [-0.15, -0.1) is 0 Å². The molecule has 0 saturated carbocycles. The van der Waals surface area contributed by atoms with Crippen LogP contribution in [0.3, 0.4) is 0 Å². The van der Waals surface area contributed by atoms with Gasteiger partial charge >= 0.3 is 0 Å². The summed E-state index contributed by atoms with van der Waals surface area (Å²) in [5.41, 5.74) is 2.50. The minimum absolute atomic E-state index is 0.669. The molecule has 0 radical (unpaired) electrons. The molecule has 24 heavy (non-hydrogen) atoms. The summed E-state index contributed by atoms with van der Waals surface area (Å²) in [6.45, 7) is 8.03. The van der Waals surface area contributed by atoms with Gasteiger partial charge in [-0.2, -0.15) is 25.3 Å². The van der Waals surface area contributed by atoms with Crippen LogP contribution < -0.4 is 0 Å². The molecule has 0 bridgehead atoms. The molecule has 0 aliphatic rings. The number of rotatable bonds is 3. The number of pyridine rings is 2. The minimum Gasteiger partial charge on any atom is -0.265 e. The summed E-state index contributed by atoms with van der Waals surface area (Å²) < 4.78 is 11.5. The maximum Gasteiger partial charge on any atom is 0.0273 e. The van der Waals surface area contributed by atoms with E-state index in [9.17, 15) is 0 Å². The molecule has 0 spiro atoms. The highest BCUT2D eigenvalue weighted by molar-refractivity contribution is 7.79. The summed E-state index contributed by atoms with van der Waals surface area (Å²) >= 11 is 7.06. The fraction of sp³-hybridized carbons (Fsp3) is 0.400. The van der Waals surface area contributed by atoms with Crippen molar-refractivity contribution < 1.29 is 2.74 Å². The van der Waals surface area contributed by atoms with Gasteiger partial charge < -0.3 is 0 Å². The summed E-state index contributed by atoms with van der Waals surface area (Å²) in [4.78, 5) is 7.81. The van der Waals surface area contributed by atoms with Crippen molar-refractivity contribution in [2.45, 2.75) is 41.0 Å². The summed E-state index contributed by atoms with van der Waals surface area (Å²) in [5.74, 6) is 0.669. The minimum atomic E-state index is 0.669. The van der Waals surface area contributed by atoms with E-state index in [-0.39, 0.29) is 0 Å². The maximum absolute atomic E-state index is 5.75. The van der Waals surface area contributed by atoms with E-state index in [4.69, 9.17) is 2.74 Å². The van der Waals surface area contributed by atoms with Gasteiger partial charge in [-0.25, -0.2) is 0 Å². The topological polar surface area (TPSA) is 25.8 Å². The lowest BCUT2D eigenvalue weighted by atomic mass is 10.0. The van der Waals surface area contributed by atoms with E-state index in [1.165, 1.54) is 26.8 Å². The van der Waals surface area contributed by atoms with Crippen molar-refractivity contribution in [3.8, 4) is 0 Å². The van der Waals surface area contributed by atoms with Crippen LogP contribution in [0.1, 0.15) is 54.9 Å². The molecule has 1 atom stereocenters. The normalized spacial score (nSPS) is 9.33. The van der Waals surface area contributed by atoms with E-state index in [1.54, 1.807) is 31.0 Å². The zero-order valence-electron chi connectivity index (χ0n) is 18.0. The van der Waals surface area contributed by atoms with Gasteiger partial charge in [-0.05, 0) is 60.2 Å². The Balaban J connectivity index is -0.000000136. The van der Waals surface area contributed by atoms with Crippen LogP contribution in [0.25, 0.3) is 6.08 Å². The van der Waals surface area contributed by atoms with Gasteiger partial charge in [0, 0.05) is 27.5 Å². The van der Waals surface area contributed by atoms with Crippen LogP contribution in [-0.2, 0) is 0 Å². The fourth-order valence-electron chi connectivity index (χ4n) is 1.43. The van der Waals surface area contributed by atoms with Gasteiger partial charge in [0.05, 0.1) is 0 Å². The van der Waals surface area contributed by atoms with Crippen LogP contribution in [0.2, 0.25) is 0 Å². The number of thiol groups is 2. The summed E-state index contributed by atoms with van der Waals surface area (Å²) in [6.07, 6.45) is 13.6. The average molecular weight is 373 g/mol. The first-order valence-corrected chi connectivity index (χ1v) is 8.88. The maximum atomic E-state index is 5.75. The van der Waals surface area contributed by atoms with Crippen LogP contribution in [0.15, 0.2) is 55.6 Å². The smallest absolute Gasteiger partial charge is 0.0273 e. The molecular weight excluding hydrogens is 332 g/mol. The Hall–Kier alpha value is -1.26. The zero-order valence-corrected chi connectivity index (χ0v) is 17.8. The first-order valence-electron chi connectivity index (χ1n) is 9.09. The average Bonchev–Trinajstić information content (AvgIpc) is 2.80. The van der Waals surface area contributed by atoms with Crippen molar-refractivity contribution >= 4 is 31.3 Å². The van der Waals surface area contributed by atoms with Crippen LogP contribution in [0, 0.1) is 0 Å². The third kappa shape index (κ3) is 15.6. The Labute approximate surface area is 164 Å². The van der Waals surface area contributed by atoms with Crippen molar-refractivity contribution in [2.24, 2.45) is 0 Å². The molecule has 4 heteroatoms. The van der Waals surface area contributed by atoms with E-state index in [0.717, 1.165) is 5.56 Å². The van der Waals surface area contributed by atoms with Crippen LogP contribution in [-0.4, -0.2) is 22.5 Å². The number of hydrogen-bond acceptors (Lipinski definition) is 4. The molecule has 0 aromatic carbocycles. The third-order valence-electron chi connectivity index (χ3n) is 2.83. The highest BCUT2D eigenvalue weighted by atomic mass is 32.1. The highest BCUT2D eigenvalue weighted by Gasteiger charge is 1.99. The Morgan fingerprint density at radius 1 is 1.00 bits per heavy atom. The van der Waals surface area contributed by atoms with Gasteiger partial charge in [0.1, 0.15) is 0 Å². The molecule has 2 aromatic rings. The molecule has 1 unspecified atom stereocenters. The second kappa shape index (κ2) is 24.0. The molecule has 0 fully saturated rings. The predicted octanol–water partition coefficient (Wildman–Crippen LogP) is 6.68. The van der Waals surface area contributed by atoms with E-state index in [2.05, 4.69) is 67.8 Å². The molecular formula is C20H36N2S2. The van der Waals surface area contributed by atoms with Gasteiger partial charge in [0.15, 0.2) is 0 Å². The van der Waals surface area contributed by atoms with Crippen molar-refractivity contribution in [1.29, 1.82) is 0 Å².